The van der Waals surface area contributed by atoms with Crippen LogP contribution in [0.2, 0.25) is 5.02 Å². The van der Waals surface area contributed by atoms with Crippen molar-refractivity contribution in [3.05, 3.63) is 77.8 Å². The molecule has 0 fully saturated rings. The molecular weight excluding hydrogens is 372 g/mol. The molecule has 2 aromatic heterocycles. The topological polar surface area (TPSA) is 81.1 Å². The van der Waals surface area contributed by atoms with E-state index in [1.165, 1.54) is 0 Å². The lowest BCUT2D eigenvalue weighted by Gasteiger charge is -2.11. The van der Waals surface area contributed by atoms with Gasteiger partial charge in [-0.25, -0.2) is 0 Å². The van der Waals surface area contributed by atoms with Gasteiger partial charge in [-0.05, 0) is 30.3 Å². The molecule has 0 aliphatic heterocycles. The van der Waals surface area contributed by atoms with Crippen molar-refractivity contribution in [3.63, 3.8) is 0 Å². The Bertz CT molecular complexity index is 1330. The van der Waals surface area contributed by atoms with Crippen LogP contribution in [0.25, 0.3) is 27.8 Å². The molecule has 3 aromatic carbocycles. The molecule has 6 nitrogen and oxygen atoms in total. The average molecular weight is 387 g/mol. The Morgan fingerprint density at radius 3 is 2.46 bits per heavy atom. The first kappa shape index (κ1) is 16.5. The average Bonchev–Trinajstić information content (AvgIpc) is 3.12. The minimum absolute atomic E-state index is 0.585. The fourth-order valence-corrected chi connectivity index (χ4v) is 3.46. The molecule has 0 unspecified atom stereocenters. The molecule has 5 rings (SSSR count). The smallest absolute Gasteiger partial charge is 0.186 e. The minimum Gasteiger partial charge on any atom is -0.399 e. The first-order valence-electron chi connectivity index (χ1n) is 8.72. The third-order valence-electron chi connectivity index (χ3n) is 4.53. The summed E-state index contributed by atoms with van der Waals surface area (Å²) in [7, 11) is 0. The summed E-state index contributed by atoms with van der Waals surface area (Å²) in [6.45, 7) is 0. The van der Waals surface area contributed by atoms with E-state index in [9.17, 15) is 0 Å². The second kappa shape index (κ2) is 6.51. The van der Waals surface area contributed by atoms with E-state index < -0.39 is 0 Å². The number of halogens is 1. The molecule has 2 heterocycles. The number of hydrogen-bond acceptors (Lipinski definition) is 5. The SMILES string of the molecule is Nc1cccc(Nc2nn3c(-c4ccccc4Cl)nnc3c3ccccc23)c1. The zero-order chi connectivity index (χ0) is 19.1. The largest absolute Gasteiger partial charge is 0.399 e. The predicted molar refractivity (Wildman–Crippen MR) is 113 cm³/mol. The number of aromatic nitrogens is 4. The quantitative estimate of drug-likeness (QED) is 0.430. The van der Waals surface area contributed by atoms with Crippen LogP contribution in [-0.4, -0.2) is 19.8 Å². The molecule has 0 saturated heterocycles. The van der Waals surface area contributed by atoms with E-state index in [1.54, 1.807) is 4.52 Å². The molecule has 0 bridgehead atoms. The van der Waals surface area contributed by atoms with Crippen LogP contribution in [0.4, 0.5) is 17.2 Å². The molecule has 7 heteroatoms. The van der Waals surface area contributed by atoms with Gasteiger partial charge >= 0.3 is 0 Å². The molecule has 5 aromatic rings. The summed E-state index contributed by atoms with van der Waals surface area (Å²) in [5.41, 5.74) is 8.89. The molecule has 0 amide bonds. The number of anilines is 3. The number of nitrogens with one attached hydrogen (secondary N) is 1. The van der Waals surface area contributed by atoms with E-state index in [-0.39, 0.29) is 0 Å². The third kappa shape index (κ3) is 2.71. The van der Waals surface area contributed by atoms with Gasteiger partial charge < -0.3 is 11.1 Å². The van der Waals surface area contributed by atoms with Crippen LogP contribution >= 0.6 is 11.6 Å². The van der Waals surface area contributed by atoms with Crippen molar-refractivity contribution in [2.75, 3.05) is 11.1 Å². The molecule has 0 saturated carbocycles. The van der Waals surface area contributed by atoms with E-state index in [1.807, 2.05) is 72.8 Å². The summed E-state index contributed by atoms with van der Waals surface area (Å²) >= 11 is 6.38. The highest BCUT2D eigenvalue weighted by atomic mass is 35.5. The van der Waals surface area contributed by atoms with Crippen molar-refractivity contribution in [1.29, 1.82) is 0 Å². The summed E-state index contributed by atoms with van der Waals surface area (Å²) < 4.78 is 1.72. The van der Waals surface area contributed by atoms with Crippen molar-refractivity contribution in [3.8, 4) is 11.4 Å². The molecule has 0 aliphatic rings. The van der Waals surface area contributed by atoms with Crippen LogP contribution in [0.5, 0.6) is 0 Å². The van der Waals surface area contributed by atoms with Crippen molar-refractivity contribution >= 4 is 45.2 Å². The van der Waals surface area contributed by atoms with Crippen LogP contribution in [0.15, 0.2) is 72.8 Å². The van der Waals surface area contributed by atoms with Gasteiger partial charge in [0.25, 0.3) is 0 Å². The summed E-state index contributed by atoms with van der Waals surface area (Å²) in [4.78, 5) is 0. The molecule has 28 heavy (non-hydrogen) atoms. The first-order valence-corrected chi connectivity index (χ1v) is 9.10. The van der Waals surface area contributed by atoms with Gasteiger partial charge in [0.15, 0.2) is 17.3 Å². The maximum Gasteiger partial charge on any atom is 0.186 e. The number of benzene rings is 3. The zero-order valence-corrected chi connectivity index (χ0v) is 15.4. The number of nitrogens with zero attached hydrogens (tertiary/aromatic N) is 4. The molecule has 0 radical (unpaired) electrons. The van der Waals surface area contributed by atoms with Gasteiger partial charge in [0.05, 0.1) is 5.02 Å². The van der Waals surface area contributed by atoms with Crippen molar-refractivity contribution in [1.82, 2.24) is 19.8 Å². The standard InChI is InChI=1S/C21H15ClN6/c22-18-11-4-3-10-17(18)21-26-25-20-16-9-2-1-8-15(16)19(27-28(20)21)24-14-7-5-6-13(23)12-14/h1-12H,23H2,(H,24,27). The highest BCUT2D eigenvalue weighted by molar-refractivity contribution is 6.33. The Balaban J connectivity index is 1.77. The Morgan fingerprint density at radius 2 is 1.64 bits per heavy atom. The number of fused-ring (bicyclic) bond motifs is 3. The second-order valence-electron chi connectivity index (χ2n) is 6.38. The number of rotatable bonds is 3. The van der Waals surface area contributed by atoms with Gasteiger partial charge in [-0.2, -0.15) is 4.52 Å². The Hall–Kier alpha value is -3.64. The monoisotopic (exact) mass is 386 g/mol. The van der Waals surface area contributed by atoms with Crippen molar-refractivity contribution < 1.29 is 0 Å². The van der Waals surface area contributed by atoms with Crippen molar-refractivity contribution in [2.45, 2.75) is 0 Å². The van der Waals surface area contributed by atoms with Crippen LogP contribution in [-0.2, 0) is 0 Å². The zero-order valence-electron chi connectivity index (χ0n) is 14.7. The fourth-order valence-electron chi connectivity index (χ4n) is 3.24. The van der Waals surface area contributed by atoms with Crippen LogP contribution in [0.3, 0.4) is 0 Å². The van der Waals surface area contributed by atoms with Gasteiger partial charge in [0, 0.05) is 27.7 Å². The predicted octanol–water partition coefficient (Wildman–Crippen LogP) is 4.92. The lowest BCUT2D eigenvalue weighted by molar-refractivity contribution is 0.951. The van der Waals surface area contributed by atoms with E-state index in [4.69, 9.17) is 22.4 Å². The lowest BCUT2D eigenvalue weighted by atomic mass is 10.1. The second-order valence-corrected chi connectivity index (χ2v) is 6.79. The highest BCUT2D eigenvalue weighted by Crippen LogP contribution is 2.31. The Morgan fingerprint density at radius 1 is 0.857 bits per heavy atom. The van der Waals surface area contributed by atoms with Gasteiger partial charge in [-0.15, -0.1) is 15.3 Å². The van der Waals surface area contributed by atoms with Crippen LogP contribution in [0.1, 0.15) is 0 Å². The highest BCUT2D eigenvalue weighted by Gasteiger charge is 2.17. The Labute approximate surface area is 165 Å². The van der Waals surface area contributed by atoms with Crippen LogP contribution < -0.4 is 11.1 Å². The molecule has 0 atom stereocenters. The summed E-state index contributed by atoms with van der Waals surface area (Å²) in [5, 5.41) is 19.4. The lowest BCUT2D eigenvalue weighted by Crippen LogP contribution is -2.03. The fraction of sp³-hybridized carbons (Fsp3) is 0. The molecule has 0 spiro atoms. The summed E-state index contributed by atoms with van der Waals surface area (Å²) in [5.74, 6) is 1.27. The molecular formula is C21H15ClN6. The number of nitrogens with two attached hydrogens (primary N) is 1. The molecule has 136 valence electrons. The van der Waals surface area contributed by atoms with E-state index >= 15 is 0 Å². The van der Waals surface area contributed by atoms with Gasteiger partial charge in [-0.1, -0.05) is 54.1 Å². The minimum atomic E-state index is 0.585. The van der Waals surface area contributed by atoms with E-state index in [0.717, 1.165) is 22.0 Å². The molecule has 0 aliphatic carbocycles. The number of hydrogen-bond donors (Lipinski definition) is 2. The number of nitrogen functional groups attached to an aromatic ring is 1. The van der Waals surface area contributed by atoms with E-state index in [2.05, 4.69) is 15.5 Å². The van der Waals surface area contributed by atoms with E-state index in [0.29, 0.717) is 28.0 Å². The van der Waals surface area contributed by atoms with Gasteiger partial charge in [0.1, 0.15) is 0 Å². The summed E-state index contributed by atoms with van der Waals surface area (Å²) in [6.07, 6.45) is 0. The normalized spacial score (nSPS) is 11.2. The third-order valence-corrected chi connectivity index (χ3v) is 4.86. The Kier molecular flexibility index (Phi) is 3.84. The molecule has 3 N–H and O–H groups in total. The van der Waals surface area contributed by atoms with Gasteiger partial charge in [0.2, 0.25) is 0 Å². The maximum absolute atomic E-state index is 6.38. The first-order chi connectivity index (χ1) is 13.7. The summed E-state index contributed by atoms with van der Waals surface area (Å²) in [6, 6.07) is 23.0. The van der Waals surface area contributed by atoms with Crippen molar-refractivity contribution in [2.24, 2.45) is 0 Å². The maximum atomic E-state index is 6.38. The van der Waals surface area contributed by atoms with Gasteiger partial charge in [-0.3, -0.25) is 0 Å². The van der Waals surface area contributed by atoms with Crippen LogP contribution in [0, 0.1) is 0 Å².